The lowest BCUT2D eigenvalue weighted by molar-refractivity contribution is -0.753. The molecule has 2 amide bonds. The SMILES string of the molecule is C[n+]1cc(-c2c(F)cc(OCC(O/N=C(\C(=O)N[C@@H]3C(=O)N(OS(=O)(=O)[O-])C3(C)C)c3csc(N)n3)C(=O)O)cc2F)cn1CCCN. The number of rotatable bonds is 15. The number of anilines is 1. The van der Waals surface area contributed by atoms with Crippen molar-refractivity contribution in [2.24, 2.45) is 17.9 Å². The first-order valence-corrected chi connectivity index (χ1v) is 16.0. The number of carbonyl (C=O) groups excluding carboxylic acids is 2. The zero-order chi connectivity index (χ0) is 35.6. The normalized spacial score (nSPS) is 16.7. The van der Waals surface area contributed by atoms with Crippen LogP contribution in [0, 0.1) is 11.6 Å². The number of β-lactam (4-membered cyclic amide) rings is 1. The molecule has 1 aromatic carbocycles. The molecule has 0 radical (unpaired) electrons. The van der Waals surface area contributed by atoms with E-state index in [0.29, 0.717) is 19.5 Å². The Kier molecular flexibility index (Phi) is 10.6. The van der Waals surface area contributed by atoms with Crippen LogP contribution in [-0.2, 0) is 47.5 Å². The summed E-state index contributed by atoms with van der Waals surface area (Å²) in [5.74, 6) is -6.21. The van der Waals surface area contributed by atoms with E-state index >= 15 is 8.78 Å². The van der Waals surface area contributed by atoms with Gasteiger partial charge in [0.25, 0.3) is 17.9 Å². The van der Waals surface area contributed by atoms with E-state index in [-0.39, 0.29) is 32.8 Å². The Morgan fingerprint density at radius 3 is 2.52 bits per heavy atom. The van der Waals surface area contributed by atoms with Gasteiger partial charge in [0, 0.05) is 17.5 Å². The Morgan fingerprint density at radius 2 is 1.98 bits per heavy atom. The highest BCUT2D eigenvalue weighted by Crippen LogP contribution is 2.33. The number of hydrogen-bond acceptors (Lipinski definition) is 14. The molecule has 1 aliphatic rings. The third-order valence-electron chi connectivity index (χ3n) is 6.96. The summed E-state index contributed by atoms with van der Waals surface area (Å²) in [6.07, 6.45) is 1.79. The van der Waals surface area contributed by atoms with E-state index in [4.69, 9.17) is 21.0 Å². The third-order valence-corrected chi connectivity index (χ3v) is 7.97. The van der Waals surface area contributed by atoms with Crippen molar-refractivity contribution in [3.05, 3.63) is 47.2 Å². The molecule has 260 valence electrons. The number of nitrogens with two attached hydrogens (primary N) is 2. The summed E-state index contributed by atoms with van der Waals surface area (Å²) >= 11 is 0.885. The summed E-state index contributed by atoms with van der Waals surface area (Å²) in [4.78, 5) is 46.5. The monoisotopic (exact) mass is 716 g/mol. The Bertz CT molecular complexity index is 1840. The molecule has 6 N–H and O–H groups in total. The predicted octanol–water partition coefficient (Wildman–Crippen LogP) is -0.604. The van der Waals surface area contributed by atoms with Crippen molar-refractivity contribution in [1.82, 2.24) is 20.0 Å². The van der Waals surface area contributed by atoms with Crippen molar-refractivity contribution in [2.75, 3.05) is 18.9 Å². The molecule has 22 heteroatoms. The molecular weight excluding hydrogens is 686 g/mol. The second-order valence-corrected chi connectivity index (χ2v) is 12.6. The number of aliphatic carboxylic acids is 1. The number of hydroxylamine groups is 2. The number of carboxylic acid groups (broad SMARTS) is 1. The van der Waals surface area contributed by atoms with Crippen molar-refractivity contribution in [1.29, 1.82) is 0 Å². The summed E-state index contributed by atoms with van der Waals surface area (Å²) in [6.45, 7) is 2.69. The maximum absolute atomic E-state index is 15.1. The Labute approximate surface area is 275 Å². The van der Waals surface area contributed by atoms with Crippen LogP contribution in [0.5, 0.6) is 5.75 Å². The number of nitrogens with zero attached hydrogens (tertiary/aromatic N) is 5. The van der Waals surface area contributed by atoms with Gasteiger partial charge < -0.3 is 36.0 Å². The van der Waals surface area contributed by atoms with Crippen LogP contribution in [0.1, 0.15) is 26.0 Å². The fourth-order valence-electron chi connectivity index (χ4n) is 4.53. The Hall–Kier alpha value is -4.77. The molecule has 1 unspecified atom stereocenters. The predicted molar refractivity (Wildman–Crippen MR) is 159 cm³/mol. The smallest absolute Gasteiger partial charge is 0.351 e. The molecule has 1 aliphatic heterocycles. The van der Waals surface area contributed by atoms with Gasteiger partial charge in [-0.15, -0.1) is 16.0 Å². The highest BCUT2D eigenvalue weighted by Gasteiger charge is 2.57. The number of thiazole rings is 1. The molecule has 3 aromatic rings. The van der Waals surface area contributed by atoms with Gasteiger partial charge in [0.15, 0.2) is 17.9 Å². The van der Waals surface area contributed by atoms with E-state index in [1.54, 1.807) is 22.6 Å². The van der Waals surface area contributed by atoms with Crippen molar-refractivity contribution < 1.29 is 59.8 Å². The van der Waals surface area contributed by atoms with Crippen LogP contribution in [0.25, 0.3) is 11.1 Å². The molecule has 0 saturated carbocycles. The maximum Gasteiger partial charge on any atom is 0.351 e. The van der Waals surface area contributed by atoms with E-state index in [0.717, 1.165) is 23.5 Å². The number of aromatic nitrogens is 3. The summed E-state index contributed by atoms with van der Waals surface area (Å²) in [7, 11) is -3.61. The highest BCUT2D eigenvalue weighted by molar-refractivity contribution is 7.80. The minimum atomic E-state index is -5.31. The van der Waals surface area contributed by atoms with Crippen LogP contribution in [0.15, 0.2) is 35.1 Å². The van der Waals surface area contributed by atoms with Gasteiger partial charge in [-0.05, 0) is 26.8 Å². The zero-order valence-corrected chi connectivity index (χ0v) is 27.1. The van der Waals surface area contributed by atoms with Gasteiger partial charge in [-0.25, -0.2) is 27.0 Å². The number of carboxylic acids is 1. The first kappa shape index (κ1) is 36.1. The van der Waals surface area contributed by atoms with Gasteiger partial charge in [0.1, 0.15) is 35.7 Å². The number of halogens is 2. The minimum absolute atomic E-state index is 0.0164. The largest absolute Gasteiger partial charge is 0.724 e. The number of nitrogen functional groups attached to an aromatic ring is 1. The molecule has 48 heavy (non-hydrogen) atoms. The number of hydrogen-bond donors (Lipinski definition) is 4. The van der Waals surface area contributed by atoms with Gasteiger partial charge in [0.05, 0.1) is 29.4 Å². The third kappa shape index (κ3) is 8.02. The second-order valence-electron chi connectivity index (χ2n) is 10.8. The summed E-state index contributed by atoms with van der Waals surface area (Å²) in [6, 6.07) is 0.292. The molecule has 18 nitrogen and oxygen atoms in total. The number of amides is 2. The van der Waals surface area contributed by atoms with Gasteiger partial charge in [-0.2, -0.15) is 14.0 Å². The lowest BCUT2D eigenvalue weighted by Gasteiger charge is -2.51. The summed E-state index contributed by atoms with van der Waals surface area (Å²) < 4.78 is 75.8. The van der Waals surface area contributed by atoms with Crippen LogP contribution < -0.4 is 26.2 Å². The van der Waals surface area contributed by atoms with Crippen LogP contribution in [0.4, 0.5) is 13.9 Å². The fourth-order valence-corrected chi connectivity index (χ4v) is 5.52. The average molecular weight is 717 g/mol. The molecule has 0 aliphatic carbocycles. The zero-order valence-electron chi connectivity index (χ0n) is 25.5. The van der Waals surface area contributed by atoms with Crippen LogP contribution >= 0.6 is 11.3 Å². The van der Waals surface area contributed by atoms with Gasteiger partial charge in [-0.1, -0.05) is 5.16 Å². The molecule has 2 aromatic heterocycles. The number of carbonyl (C=O) groups is 3. The number of oxime groups is 1. The van der Waals surface area contributed by atoms with Crippen LogP contribution in [0.3, 0.4) is 0 Å². The molecule has 0 spiro atoms. The van der Waals surface area contributed by atoms with Gasteiger partial charge in [-0.3, -0.25) is 9.59 Å². The standard InChI is InChI=1S/C26H30F2N8O10S2/c1-26(2)21(23(38)36(26)46-48(41,42)43)32-22(37)20(17-12-47-25(30)31-17)33-45-18(24(39)40)11-44-14-7-15(27)19(16(28)8-14)13-9-34(3)35(10-13)6-4-5-29/h7-10,12,18,21H,4-6,11,29H2,1-3H3,(H4-,30,31,32,37,39,40,41,42,43)/b33-20-/t18?,21-/m1/s1. The Morgan fingerprint density at radius 1 is 1.31 bits per heavy atom. The van der Waals surface area contributed by atoms with E-state index in [1.165, 1.54) is 25.4 Å². The maximum atomic E-state index is 15.1. The number of aryl methyl sites for hydroxylation is 2. The molecule has 1 saturated heterocycles. The fraction of sp³-hybridized carbons (Fsp3) is 0.385. The van der Waals surface area contributed by atoms with Crippen molar-refractivity contribution in [3.8, 4) is 16.9 Å². The van der Waals surface area contributed by atoms with Gasteiger partial charge >= 0.3 is 5.97 Å². The first-order chi connectivity index (χ1) is 22.4. The quantitative estimate of drug-likeness (QED) is 0.0383. The number of ether oxygens (including phenoxy) is 1. The molecule has 0 bridgehead atoms. The number of nitrogens with one attached hydrogen (secondary N) is 1. The first-order valence-electron chi connectivity index (χ1n) is 13.8. The number of benzene rings is 1. The minimum Gasteiger partial charge on any atom is -0.724 e. The summed E-state index contributed by atoms with van der Waals surface area (Å²) in [5, 5.41) is 17.1. The molecule has 1 fully saturated rings. The average Bonchev–Trinajstić information content (AvgIpc) is 3.58. The van der Waals surface area contributed by atoms with E-state index in [1.807, 2.05) is 0 Å². The molecule has 4 rings (SSSR count). The van der Waals surface area contributed by atoms with Crippen molar-refractivity contribution in [3.63, 3.8) is 0 Å². The Balaban J connectivity index is 1.50. The summed E-state index contributed by atoms with van der Waals surface area (Å²) in [5.41, 5.74) is 8.72. The van der Waals surface area contributed by atoms with Crippen molar-refractivity contribution >= 4 is 50.4 Å². The molecule has 2 atom stereocenters. The highest BCUT2D eigenvalue weighted by atomic mass is 32.3. The van der Waals surface area contributed by atoms with E-state index < -0.39 is 69.8 Å². The second kappa shape index (κ2) is 14.1. The van der Waals surface area contributed by atoms with Gasteiger partial charge in [0.2, 0.25) is 16.6 Å². The lowest BCUT2D eigenvalue weighted by Crippen LogP contribution is -2.76. The van der Waals surface area contributed by atoms with Crippen LogP contribution in [0.2, 0.25) is 0 Å². The molecule has 3 heterocycles. The van der Waals surface area contributed by atoms with E-state index in [2.05, 4.69) is 19.7 Å². The van der Waals surface area contributed by atoms with Crippen molar-refractivity contribution in [2.45, 2.75) is 44.5 Å². The lowest BCUT2D eigenvalue weighted by atomic mass is 9.84. The topological polar surface area (TPSA) is 258 Å². The van der Waals surface area contributed by atoms with Crippen LogP contribution in [-0.4, -0.2) is 87.1 Å². The van der Waals surface area contributed by atoms with E-state index in [9.17, 15) is 32.5 Å². The molecular formula is C26H30F2N8O10S2.